The van der Waals surface area contributed by atoms with Crippen LogP contribution in [0.5, 0.6) is 0 Å². The van der Waals surface area contributed by atoms with Gasteiger partial charge in [0.15, 0.2) is 6.54 Å². The van der Waals surface area contributed by atoms with Crippen molar-refractivity contribution in [2.75, 3.05) is 11.9 Å². The molecule has 124 valence electrons. The standard InChI is InChI=1S/C20H17N3OS/c21-13-15-8-10-17(11-9-15)23-19(24)14-22-20(18-7-4-12-25-18)16-5-2-1-3-6-16/h1-12,20,22H,14H2,(H,23,24)/p+1/t20-/m0/s1. The van der Waals surface area contributed by atoms with Crippen LogP contribution in [-0.4, -0.2) is 12.5 Å². The molecule has 1 amide bonds. The van der Waals surface area contributed by atoms with Gasteiger partial charge in [0.25, 0.3) is 5.91 Å². The van der Waals surface area contributed by atoms with Gasteiger partial charge in [0, 0.05) is 11.3 Å². The first-order chi connectivity index (χ1) is 12.3. The third-order valence-electron chi connectivity index (χ3n) is 3.85. The molecule has 1 atom stereocenters. The van der Waals surface area contributed by atoms with Crippen molar-refractivity contribution in [1.29, 1.82) is 5.26 Å². The maximum atomic E-state index is 12.3. The lowest BCUT2D eigenvalue weighted by atomic mass is 10.1. The summed E-state index contributed by atoms with van der Waals surface area (Å²) in [4.78, 5) is 13.5. The van der Waals surface area contributed by atoms with E-state index in [1.165, 1.54) is 10.4 Å². The maximum absolute atomic E-state index is 12.3. The van der Waals surface area contributed by atoms with Gasteiger partial charge in [-0.05, 0) is 35.7 Å². The van der Waals surface area contributed by atoms with E-state index in [4.69, 9.17) is 5.26 Å². The second-order valence-electron chi connectivity index (χ2n) is 5.58. The Morgan fingerprint density at radius 1 is 1.08 bits per heavy atom. The molecule has 0 aliphatic rings. The fourth-order valence-electron chi connectivity index (χ4n) is 2.61. The second-order valence-corrected chi connectivity index (χ2v) is 6.56. The van der Waals surface area contributed by atoms with Crippen LogP contribution in [0, 0.1) is 11.3 Å². The lowest BCUT2D eigenvalue weighted by Crippen LogP contribution is -2.87. The predicted octanol–water partition coefficient (Wildman–Crippen LogP) is 2.91. The van der Waals surface area contributed by atoms with Crippen LogP contribution in [0.3, 0.4) is 0 Å². The Hall–Kier alpha value is -2.94. The topological polar surface area (TPSA) is 69.5 Å². The minimum atomic E-state index is -0.0674. The smallest absolute Gasteiger partial charge is 0.279 e. The van der Waals surface area contributed by atoms with E-state index in [1.54, 1.807) is 35.6 Å². The molecule has 2 aromatic carbocycles. The van der Waals surface area contributed by atoms with Crippen LogP contribution in [-0.2, 0) is 4.79 Å². The van der Waals surface area contributed by atoms with E-state index in [2.05, 4.69) is 35.0 Å². The maximum Gasteiger partial charge on any atom is 0.279 e. The number of carbonyl (C=O) groups is 1. The highest BCUT2D eigenvalue weighted by atomic mass is 32.1. The van der Waals surface area contributed by atoms with Crippen molar-refractivity contribution in [3.05, 3.63) is 88.1 Å². The Kier molecular flexibility index (Phi) is 5.57. The zero-order valence-electron chi connectivity index (χ0n) is 13.6. The van der Waals surface area contributed by atoms with Crippen LogP contribution in [0.1, 0.15) is 22.0 Å². The molecule has 0 saturated carbocycles. The summed E-state index contributed by atoms with van der Waals surface area (Å²) in [5, 5.41) is 15.8. The SMILES string of the molecule is N#Cc1ccc(NC(=O)C[NH2+][C@@H](c2ccccc2)c2cccs2)cc1. The summed E-state index contributed by atoms with van der Waals surface area (Å²) in [7, 11) is 0. The van der Waals surface area contributed by atoms with Crippen LogP contribution in [0.25, 0.3) is 0 Å². The van der Waals surface area contributed by atoms with E-state index in [9.17, 15) is 4.79 Å². The van der Waals surface area contributed by atoms with Gasteiger partial charge >= 0.3 is 0 Å². The van der Waals surface area contributed by atoms with Crippen molar-refractivity contribution < 1.29 is 10.1 Å². The van der Waals surface area contributed by atoms with Crippen molar-refractivity contribution in [2.24, 2.45) is 0 Å². The number of anilines is 1. The molecule has 3 N–H and O–H groups in total. The van der Waals surface area contributed by atoms with Gasteiger partial charge in [0.1, 0.15) is 6.04 Å². The summed E-state index contributed by atoms with van der Waals surface area (Å²) in [5.74, 6) is -0.0674. The molecule has 0 bridgehead atoms. The number of nitrogens with zero attached hydrogens (tertiary/aromatic N) is 1. The van der Waals surface area contributed by atoms with Gasteiger partial charge < -0.3 is 10.6 Å². The Morgan fingerprint density at radius 3 is 2.48 bits per heavy atom. The summed E-state index contributed by atoms with van der Waals surface area (Å²) in [6.07, 6.45) is 0. The molecule has 0 aliphatic heterocycles. The molecule has 3 aromatic rings. The quantitative estimate of drug-likeness (QED) is 0.719. The Bertz CT molecular complexity index is 852. The van der Waals surface area contributed by atoms with Crippen LogP contribution in [0.15, 0.2) is 72.1 Å². The number of rotatable bonds is 6. The number of nitriles is 1. The third kappa shape index (κ3) is 4.54. The number of nitrogens with one attached hydrogen (secondary N) is 1. The molecule has 0 saturated heterocycles. The number of hydrogen-bond acceptors (Lipinski definition) is 3. The molecular weight excluding hydrogens is 330 g/mol. The van der Waals surface area contributed by atoms with Crippen molar-refractivity contribution in [1.82, 2.24) is 0 Å². The fraction of sp³-hybridized carbons (Fsp3) is 0.100. The highest BCUT2D eigenvalue weighted by molar-refractivity contribution is 7.10. The third-order valence-corrected chi connectivity index (χ3v) is 4.80. The van der Waals surface area contributed by atoms with Crippen LogP contribution < -0.4 is 10.6 Å². The molecule has 1 aromatic heterocycles. The lowest BCUT2D eigenvalue weighted by Gasteiger charge is -2.14. The van der Waals surface area contributed by atoms with E-state index in [0.29, 0.717) is 17.8 Å². The van der Waals surface area contributed by atoms with Gasteiger partial charge in [-0.2, -0.15) is 5.26 Å². The van der Waals surface area contributed by atoms with Gasteiger partial charge in [-0.3, -0.25) is 4.79 Å². The summed E-state index contributed by atoms with van der Waals surface area (Å²) >= 11 is 1.69. The Morgan fingerprint density at radius 2 is 1.84 bits per heavy atom. The van der Waals surface area contributed by atoms with Crippen molar-refractivity contribution >= 4 is 22.9 Å². The molecule has 3 rings (SSSR count). The van der Waals surface area contributed by atoms with Gasteiger partial charge in [-0.25, -0.2) is 0 Å². The molecule has 0 fully saturated rings. The number of thiophene rings is 1. The molecule has 0 aliphatic carbocycles. The molecule has 0 radical (unpaired) electrons. The molecule has 0 unspecified atom stereocenters. The number of amides is 1. The molecule has 1 heterocycles. The first-order valence-electron chi connectivity index (χ1n) is 7.98. The fourth-order valence-corrected chi connectivity index (χ4v) is 3.46. The zero-order chi connectivity index (χ0) is 17.5. The Labute approximate surface area is 150 Å². The molecule has 5 heteroatoms. The minimum Gasteiger partial charge on any atom is -0.328 e. The largest absolute Gasteiger partial charge is 0.328 e. The van der Waals surface area contributed by atoms with Crippen molar-refractivity contribution in [3.8, 4) is 6.07 Å². The predicted molar refractivity (Wildman–Crippen MR) is 99.2 cm³/mol. The Balaban J connectivity index is 1.64. The number of hydrogen-bond donors (Lipinski definition) is 2. The van der Waals surface area contributed by atoms with Gasteiger partial charge in [0.2, 0.25) is 0 Å². The first-order valence-corrected chi connectivity index (χ1v) is 8.86. The van der Waals surface area contributed by atoms with Gasteiger partial charge in [-0.15, -0.1) is 11.3 Å². The van der Waals surface area contributed by atoms with E-state index in [0.717, 1.165) is 0 Å². The monoisotopic (exact) mass is 348 g/mol. The van der Waals surface area contributed by atoms with E-state index in [-0.39, 0.29) is 11.9 Å². The molecule has 25 heavy (non-hydrogen) atoms. The summed E-state index contributed by atoms with van der Waals surface area (Å²) < 4.78 is 0. The summed E-state index contributed by atoms with van der Waals surface area (Å²) in [6.45, 7) is 0.317. The normalized spacial score (nSPS) is 11.5. The second kappa shape index (κ2) is 8.25. The van der Waals surface area contributed by atoms with Crippen LogP contribution >= 0.6 is 11.3 Å². The van der Waals surface area contributed by atoms with Crippen molar-refractivity contribution in [3.63, 3.8) is 0 Å². The van der Waals surface area contributed by atoms with Crippen molar-refractivity contribution in [2.45, 2.75) is 6.04 Å². The zero-order valence-corrected chi connectivity index (χ0v) is 14.4. The first kappa shape index (κ1) is 16.9. The number of quaternary nitrogens is 1. The molecule has 4 nitrogen and oxygen atoms in total. The molecular formula is C20H18N3OS+. The van der Waals surface area contributed by atoms with Crippen LogP contribution in [0.2, 0.25) is 0 Å². The number of benzene rings is 2. The van der Waals surface area contributed by atoms with E-state index < -0.39 is 0 Å². The minimum absolute atomic E-state index is 0.0674. The summed E-state index contributed by atoms with van der Waals surface area (Å²) in [5.41, 5.74) is 2.45. The van der Waals surface area contributed by atoms with E-state index >= 15 is 0 Å². The highest BCUT2D eigenvalue weighted by Gasteiger charge is 2.19. The lowest BCUT2D eigenvalue weighted by molar-refractivity contribution is -0.675. The average molecular weight is 348 g/mol. The average Bonchev–Trinajstić information content (AvgIpc) is 3.18. The number of nitrogens with two attached hydrogens (primary N) is 1. The van der Waals surface area contributed by atoms with Gasteiger partial charge in [-0.1, -0.05) is 36.4 Å². The number of carbonyl (C=O) groups excluding carboxylic acids is 1. The van der Waals surface area contributed by atoms with Crippen LogP contribution in [0.4, 0.5) is 5.69 Å². The molecule has 0 spiro atoms. The summed E-state index contributed by atoms with van der Waals surface area (Å²) in [6, 6.07) is 23.3. The highest BCUT2D eigenvalue weighted by Crippen LogP contribution is 2.22. The van der Waals surface area contributed by atoms with Gasteiger partial charge in [0.05, 0.1) is 16.5 Å². The van der Waals surface area contributed by atoms with E-state index in [1.807, 2.05) is 29.6 Å².